The van der Waals surface area contributed by atoms with E-state index >= 15 is 0 Å². The second kappa shape index (κ2) is 13.4. The van der Waals surface area contributed by atoms with E-state index in [4.69, 9.17) is 0 Å². The maximum atomic E-state index is 2.46. The Labute approximate surface area is 315 Å². The van der Waals surface area contributed by atoms with E-state index in [0.717, 1.165) is 22.7 Å². The first kappa shape index (κ1) is 31.6. The van der Waals surface area contributed by atoms with Gasteiger partial charge in [-0.05, 0) is 105 Å². The number of para-hydroxylation sites is 2. The van der Waals surface area contributed by atoms with Gasteiger partial charge in [0.05, 0.1) is 16.7 Å². The van der Waals surface area contributed by atoms with E-state index in [1.165, 1.54) is 66.0 Å². The zero-order chi connectivity index (χ0) is 35.8. The molecule has 9 aromatic carbocycles. The lowest BCUT2D eigenvalue weighted by molar-refractivity contribution is 1.18. The normalized spacial score (nSPS) is 11.3. The first-order valence-electron chi connectivity index (χ1n) is 18.5. The number of aromatic nitrogens is 1. The lowest BCUT2D eigenvalue weighted by Crippen LogP contribution is -2.11. The molecule has 254 valence electrons. The fourth-order valence-corrected chi connectivity index (χ4v) is 8.07. The molecule has 0 fully saturated rings. The minimum atomic E-state index is 1.09. The van der Waals surface area contributed by atoms with Gasteiger partial charge in [-0.3, -0.25) is 0 Å². The highest BCUT2D eigenvalue weighted by Crippen LogP contribution is 2.46. The molecule has 0 amide bonds. The van der Waals surface area contributed by atoms with Crippen molar-refractivity contribution >= 4 is 49.6 Å². The quantitative estimate of drug-likeness (QED) is 0.162. The Morgan fingerprint density at radius 2 is 0.889 bits per heavy atom. The summed E-state index contributed by atoms with van der Waals surface area (Å²) in [4.78, 5) is 2.46. The van der Waals surface area contributed by atoms with Gasteiger partial charge in [0, 0.05) is 27.8 Å². The van der Waals surface area contributed by atoms with Crippen molar-refractivity contribution in [2.75, 3.05) is 4.90 Å². The third-order valence-corrected chi connectivity index (χ3v) is 10.5. The van der Waals surface area contributed by atoms with Crippen LogP contribution in [0.3, 0.4) is 0 Å². The number of nitrogens with zero attached hydrogens (tertiary/aromatic N) is 2. The van der Waals surface area contributed by atoms with Crippen molar-refractivity contribution < 1.29 is 0 Å². The van der Waals surface area contributed by atoms with E-state index in [2.05, 4.69) is 228 Å². The smallest absolute Gasteiger partial charge is 0.0562 e. The first-order valence-corrected chi connectivity index (χ1v) is 18.5. The summed E-state index contributed by atoms with van der Waals surface area (Å²) in [5.74, 6) is 0. The first-order chi connectivity index (χ1) is 26.8. The summed E-state index contributed by atoms with van der Waals surface area (Å²) >= 11 is 0. The fraction of sp³-hybridized carbons (Fsp3) is 0. The van der Waals surface area contributed by atoms with Gasteiger partial charge in [0.2, 0.25) is 0 Å². The lowest BCUT2D eigenvalue weighted by Gasteiger charge is -2.28. The van der Waals surface area contributed by atoms with E-state index in [1.54, 1.807) is 0 Å². The van der Waals surface area contributed by atoms with Gasteiger partial charge in [0.15, 0.2) is 0 Å². The van der Waals surface area contributed by atoms with Gasteiger partial charge in [-0.25, -0.2) is 0 Å². The molecule has 0 aliphatic carbocycles. The Hall–Kier alpha value is -7.16. The molecule has 0 bridgehead atoms. The summed E-state index contributed by atoms with van der Waals surface area (Å²) in [5, 5.41) is 4.89. The van der Waals surface area contributed by atoms with Crippen LogP contribution in [0.2, 0.25) is 0 Å². The van der Waals surface area contributed by atoms with Gasteiger partial charge in [0.25, 0.3) is 0 Å². The molecule has 0 unspecified atom stereocenters. The van der Waals surface area contributed by atoms with Gasteiger partial charge < -0.3 is 9.47 Å². The molecule has 0 aliphatic heterocycles. The third-order valence-electron chi connectivity index (χ3n) is 10.5. The van der Waals surface area contributed by atoms with Crippen LogP contribution in [0.25, 0.3) is 71.6 Å². The summed E-state index contributed by atoms with van der Waals surface area (Å²) < 4.78 is 2.40. The molecule has 0 saturated carbocycles. The molecule has 0 spiro atoms. The van der Waals surface area contributed by atoms with Crippen LogP contribution in [0.1, 0.15) is 0 Å². The van der Waals surface area contributed by atoms with Gasteiger partial charge >= 0.3 is 0 Å². The molecule has 1 aromatic heterocycles. The highest BCUT2D eigenvalue weighted by molar-refractivity contribution is 6.16. The SMILES string of the molecule is c1ccc(-c2ccc(N(c3cc(-c4ccccc4)cc(-c4cccc5ccccc45)c3)c3cccc4c3c3ccccc3n4-c3ccccc3)cc2)cc1. The minimum Gasteiger partial charge on any atom is -0.310 e. The van der Waals surface area contributed by atoms with Gasteiger partial charge in [-0.15, -0.1) is 0 Å². The predicted molar refractivity (Wildman–Crippen MR) is 229 cm³/mol. The standard InChI is InChI=1S/C52H36N2/c1-4-16-37(17-5-1)39-30-32-44(33-31-39)53(50-28-15-29-51-52(50)48-25-12-13-27-49(48)54(51)43-22-8-3-9-23-43)45-35-41(38-18-6-2-7-19-38)34-42(36-45)47-26-14-21-40-20-10-11-24-46(40)47/h1-36H. The monoisotopic (exact) mass is 688 g/mol. The van der Waals surface area contributed by atoms with Crippen LogP contribution in [-0.4, -0.2) is 4.57 Å². The van der Waals surface area contributed by atoms with Crippen molar-refractivity contribution in [1.82, 2.24) is 4.57 Å². The Balaban J connectivity index is 1.27. The third kappa shape index (κ3) is 5.53. The second-order valence-corrected chi connectivity index (χ2v) is 13.8. The number of hydrogen-bond donors (Lipinski definition) is 0. The van der Waals surface area contributed by atoms with Crippen molar-refractivity contribution in [3.8, 4) is 39.1 Å². The average molecular weight is 689 g/mol. The number of rotatable bonds is 7. The van der Waals surface area contributed by atoms with E-state index in [-0.39, 0.29) is 0 Å². The van der Waals surface area contributed by atoms with E-state index in [0.29, 0.717) is 0 Å². The molecule has 10 rings (SSSR count). The van der Waals surface area contributed by atoms with Gasteiger partial charge in [0.1, 0.15) is 0 Å². The Kier molecular flexibility index (Phi) is 7.85. The molecule has 10 aromatic rings. The van der Waals surface area contributed by atoms with Crippen LogP contribution >= 0.6 is 0 Å². The largest absolute Gasteiger partial charge is 0.310 e. The topological polar surface area (TPSA) is 8.17 Å². The van der Waals surface area contributed by atoms with Crippen molar-refractivity contribution in [2.24, 2.45) is 0 Å². The fourth-order valence-electron chi connectivity index (χ4n) is 8.07. The van der Waals surface area contributed by atoms with Crippen molar-refractivity contribution in [2.45, 2.75) is 0 Å². The van der Waals surface area contributed by atoms with Crippen LogP contribution in [0.5, 0.6) is 0 Å². The van der Waals surface area contributed by atoms with Crippen LogP contribution in [0, 0.1) is 0 Å². The summed E-state index contributed by atoms with van der Waals surface area (Å²) in [7, 11) is 0. The van der Waals surface area contributed by atoms with E-state index in [9.17, 15) is 0 Å². The van der Waals surface area contributed by atoms with Crippen LogP contribution in [0.15, 0.2) is 218 Å². The molecule has 54 heavy (non-hydrogen) atoms. The lowest BCUT2D eigenvalue weighted by atomic mass is 9.94. The Morgan fingerprint density at radius 1 is 0.333 bits per heavy atom. The molecule has 0 atom stereocenters. The van der Waals surface area contributed by atoms with Crippen LogP contribution in [0.4, 0.5) is 17.1 Å². The van der Waals surface area contributed by atoms with Gasteiger partial charge in [-0.2, -0.15) is 0 Å². The Morgan fingerprint density at radius 3 is 1.65 bits per heavy atom. The molecule has 0 aliphatic rings. The second-order valence-electron chi connectivity index (χ2n) is 13.8. The van der Waals surface area contributed by atoms with Crippen molar-refractivity contribution in [3.05, 3.63) is 218 Å². The molecule has 0 N–H and O–H groups in total. The molecular weight excluding hydrogens is 653 g/mol. The summed E-state index contributed by atoms with van der Waals surface area (Å²) in [6, 6.07) is 79.0. The molecule has 0 radical (unpaired) electrons. The van der Waals surface area contributed by atoms with Crippen LogP contribution in [-0.2, 0) is 0 Å². The number of hydrogen-bond acceptors (Lipinski definition) is 1. The molecule has 2 heteroatoms. The molecule has 2 nitrogen and oxygen atoms in total. The minimum absolute atomic E-state index is 1.09. The van der Waals surface area contributed by atoms with Gasteiger partial charge in [-0.1, -0.05) is 158 Å². The molecule has 0 saturated heterocycles. The molecule has 1 heterocycles. The van der Waals surface area contributed by atoms with E-state index < -0.39 is 0 Å². The summed E-state index contributed by atoms with van der Waals surface area (Å²) in [5.41, 5.74) is 13.9. The average Bonchev–Trinajstić information content (AvgIpc) is 3.60. The van der Waals surface area contributed by atoms with Crippen molar-refractivity contribution in [3.63, 3.8) is 0 Å². The zero-order valence-electron chi connectivity index (χ0n) is 29.7. The number of anilines is 3. The predicted octanol–water partition coefficient (Wildman–Crippen LogP) is 14.4. The number of fused-ring (bicyclic) bond motifs is 4. The maximum Gasteiger partial charge on any atom is 0.0562 e. The highest BCUT2D eigenvalue weighted by atomic mass is 15.1. The highest BCUT2D eigenvalue weighted by Gasteiger charge is 2.22. The zero-order valence-corrected chi connectivity index (χ0v) is 29.7. The number of benzene rings is 9. The van der Waals surface area contributed by atoms with Crippen molar-refractivity contribution in [1.29, 1.82) is 0 Å². The summed E-state index contributed by atoms with van der Waals surface area (Å²) in [6.07, 6.45) is 0. The van der Waals surface area contributed by atoms with E-state index in [1.807, 2.05) is 0 Å². The molecular formula is C52H36N2. The summed E-state index contributed by atoms with van der Waals surface area (Å²) in [6.45, 7) is 0. The van der Waals surface area contributed by atoms with Crippen LogP contribution < -0.4 is 4.90 Å². The maximum absolute atomic E-state index is 2.46. The Bertz CT molecular complexity index is 2900.